The molecule has 0 spiro atoms. The van der Waals surface area contributed by atoms with Crippen LogP contribution in [-0.4, -0.2) is 39.6 Å². The molecule has 9 heteroatoms. The lowest BCUT2D eigenvalue weighted by atomic mass is 10.7. The summed E-state index contributed by atoms with van der Waals surface area (Å²) in [4.78, 5) is 5.01. The van der Waals surface area contributed by atoms with Gasteiger partial charge < -0.3 is 0 Å². The lowest BCUT2D eigenvalue weighted by Gasteiger charge is -2.12. The third-order valence-corrected chi connectivity index (χ3v) is 2.17. The van der Waals surface area contributed by atoms with E-state index in [2.05, 4.69) is 4.84 Å². The Kier molecular flexibility index (Phi) is 4.10. The second kappa shape index (κ2) is 4.22. The van der Waals surface area contributed by atoms with Gasteiger partial charge in [0.25, 0.3) is 0 Å². The number of alkyl halides is 3. The van der Waals surface area contributed by atoms with Crippen molar-refractivity contribution >= 4 is 10.2 Å². The highest BCUT2D eigenvalue weighted by atomic mass is 32.2. The summed E-state index contributed by atoms with van der Waals surface area (Å²) in [5.41, 5.74) is 0. The van der Waals surface area contributed by atoms with Crippen LogP contribution in [0.2, 0.25) is 0 Å². The number of nitrogens with zero attached hydrogens (tertiary/aromatic N) is 1. The van der Waals surface area contributed by atoms with Gasteiger partial charge in [-0.2, -0.15) is 25.9 Å². The van der Waals surface area contributed by atoms with Gasteiger partial charge in [-0.15, -0.1) is 0 Å². The summed E-state index contributed by atoms with van der Waals surface area (Å²) in [5, 5.41) is 0. The number of halogens is 3. The third-order valence-electron chi connectivity index (χ3n) is 0.881. The molecule has 0 saturated carbocycles. The Hall–Kier alpha value is -0.380. The van der Waals surface area contributed by atoms with Gasteiger partial charge in [-0.3, -0.25) is 4.84 Å². The molecule has 0 amide bonds. The first-order valence-electron chi connectivity index (χ1n) is 3.03. The van der Waals surface area contributed by atoms with Crippen molar-refractivity contribution in [3.05, 3.63) is 0 Å². The predicted octanol–water partition coefficient (Wildman–Crippen LogP) is -0.124. The van der Waals surface area contributed by atoms with Crippen LogP contribution >= 0.6 is 0 Å². The summed E-state index contributed by atoms with van der Waals surface area (Å²) in [6, 6.07) is 0. The van der Waals surface area contributed by atoms with Crippen molar-refractivity contribution in [1.82, 2.24) is 9.19 Å². The van der Waals surface area contributed by atoms with E-state index in [-0.39, 0.29) is 0 Å². The Balaban J connectivity index is 3.92. The lowest BCUT2D eigenvalue weighted by Crippen LogP contribution is -2.37. The van der Waals surface area contributed by atoms with E-state index < -0.39 is 23.0 Å². The first-order valence-corrected chi connectivity index (χ1v) is 4.47. The summed E-state index contributed by atoms with van der Waals surface area (Å²) in [5.74, 6) is 0. The second-order valence-electron chi connectivity index (χ2n) is 2.27. The van der Waals surface area contributed by atoms with E-state index >= 15 is 0 Å². The number of hydrogen-bond donors (Lipinski definition) is 1. The van der Waals surface area contributed by atoms with Gasteiger partial charge in [-0.1, -0.05) is 4.89 Å². The molecule has 0 fully saturated rings. The van der Waals surface area contributed by atoms with Crippen molar-refractivity contribution in [1.29, 1.82) is 0 Å². The van der Waals surface area contributed by atoms with Crippen LogP contribution in [0.4, 0.5) is 13.2 Å². The molecule has 0 aliphatic carbocycles. The summed E-state index contributed by atoms with van der Waals surface area (Å²) < 4.78 is 56.5. The van der Waals surface area contributed by atoms with E-state index in [0.29, 0.717) is 4.31 Å². The van der Waals surface area contributed by atoms with Crippen molar-refractivity contribution < 1.29 is 26.4 Å². The molecule has 0 saturated heterocycles. The van der Waals surface area contributed by atoms with Gasteiger partial charge in [0.05, 0.1) is 0 Å². The lowest BCUT2D eigenvalue weighted by molar-refractivity contribution is -0.181. The summed E-state index contributed by atoms with van der Waals surface area (Å²) in [6.45, 7) is -1.67. The molecule has 0 bridgehead atoms. The van der Waals surface area contributed by atoms with Gasteiger partial charge in [-0.25, -0.2) is 0 Å². The van der Waals surface area contributed by atoms with Gasteiger partial charge in [0.2, 0.25) is 0 Å². The zero-order chi connectivity index (χ0) is 10.7. The van der Waals surface area contributed by atoms with Crippen LogP contribution in [0, 0.1) is 0 Å². The Labute approximate surface area is 73.6 Å². The smallest absolute Gasteiger partial charge is 0.276 e. The molecule has 13 heavy (non-hydrogen) atoms. The van der Waals surface area contributed by atoms with Crippen LogP contribution in [0.3, 0.4) is 0 Å². The molecule has 0 rings (SSSR count). The fourth-order valence-corrected chi connectivity index (χ4v) is 0.617. The van der Waals surface area contributed by atoms with E-state index in [1.807, 2.05) is 0 Å². The molecule has 0 aliphatic heterocycles. The molecule has 0 aliphatic rings. The highest BCUT2D eigenvalue weighted by molar-refractivity contribution is 7.86. The monoisotopic (exact) mass is 222 g/mol. The van der Waals surface area contributed by atoms with Gasteiger partial charge in [0.1, 0.15) is 0 Å². The van der Waals surface area contributed by atoms with Crippen LogP contribution in [0.5, 0.6) is 0 Å². The average molecular weight is 222 g/mol. The Bertz CT molecular complexity index is 248. The van der Waals surface area contributed by atoms with Gasteiger partial charge in [-0.05, 0) is 0 Å². The maximum Gasteiger partial charge on any atom is 0.413 e. The highest BCUT2D eigenvalue weighted by Crippen LogP contribution is 2.13. The van der Waals surface area contributed by atoms with Gasteiger partial charge in [0.15, 0.2) is 6.61 Å². The molecule has 0 unspecified atom stereocenters. The fraction of sp³-hybridized carbons (Fsp3) is 1.00. The van der Waals surface area contributed by atoms with Crippen molar-refractivity contribution in [3.63, 3.8) is 0 Å². The van der Waals surface area contributed by atoms with E-state index in [9.17, 15) is 21.6 Å². The minimum absolute atomic E-state index is 0.684. The van der Waals surface area contributed by atoms with Crippen LogP contribution in [0.25, 0.3) is 0 Å². The zero-order valence-corrected chi connectivity index (χ0v) is 7.74. The fourth-order valence-electron chi connectivity index (χ4n) is 0.260. The van der Waals surface area contributed by atoms with Gasteiger partial charge >= 0.3 is 16.4 Å². The third kappa shape index (κ3) is 5.80. The Morgan fingerprint density at radius 2 is 1.85 bits per heavy atom. The SMILES string of the molecule is CN(C)S(=O)(=O)NOCC(F)(F)F. The molecule has 0 aromatic carbocycles. The predicted molar refractivity (Wildman–Crippen MR) is 37.7 cm³/mol. The van der Waals surface area contributed by atoms with Crippen molar-refractivity contribution in [3.8, 4) is 0 Å². The topological polar surface area (TPSA) is 58.6 Å². The van der Waals surface area contributed by atoms with Crippen molar-refractivity contribution in [2.45, 2.75) is 6.18 Å². The van der Waals surface area contributed by atoms with Crippen LogP contribution in [0.1, 0.15) is 0 Å². The van der Waals surface area contributed by atoms with Crippen LogP contribution < -0.4 is 4.89 Å². The summed E-state index contributed by atoms with van der Waals surface area (Å²) in [7, 11) is -1.66. The first kappa shape index (κ1) is 12.6. The summed E-state index contributed by atoms with van der Waals surface area (Å²) in [6.07, 6.45) is -4.56. The average Bonchev–Trinajstić information content (AvgIpc) is 1.82. The minimum atomic E-state index is -4.56. The van der Waals surface area contributed by atoms with E-state index in [1.165, 1.54) is 4.89 Å². The van der Waals surface area contributed by atoms with Crippen LogP contribution in [0.15, 0.2) is 0 Å². The Morgan fingerprint density at radius 1 is 1.38 bits per heavy atom. The number of nitrogens with one attached hydrogen (secondary N) is 1. The molecule has 80 valence electrons. The molecule has 0 heterocycles. The van der Waals surface area contributed by atoms with Crippen molar-refractivity contribution in [2.75, 3.05) is 20.7 Å². The normalized spacial score (nSPS) is 13.7. The Morgan fingerprint density at radius 3 is 2.15 bits per heavy atom. The quantitative estimate of drug-likeness (QED) is 0.674. The molecule has 0 aromatic heterocycles. The molecule has 0 atom stereocenters. The zero-order valence-electron chi connectivity index (χ0n) is 6.92. The minimum Gasteiger partial charge on any atom is -0.276 e. The van der Waals surface area contributed by atoms with E-state index in [4.69, 9.17) is 0 Å². The molecular formula is C4H9F3N2O3S. The van der Waals surface area contributed by atoms with Gasteiger partial charge in [0, 0.05) is 14.1 Å². The largest absolute Gasteiger partial charge is 0.413 e. The molecule has 1 N–H and O–H groups in total. The molecule has 0 aromatic rings. The van der Waals surface area contributed by atoms with Crippen molar-refractivity contribution in [2.24, 2.45) is 0 Å². The standard InChI is InChI=1S/C4H9F3N2O3S/c1-9(2)13(10,11)8-12-3-4(5,6)7/h8H,3H2,1-2H3. The maximum atomic E-state index is 11.5. The maximum absolute atomic E-state index is 11.5. The second-order valence-corrected chi connectivity index (χ2v) is 4.12. The molecular weight excluding hydrogens is 213 g/mol. The highest BCUT2D eigenvalue weighted by Gasteiger charge is 2.29. The first-order chi connectivity index (χ1) is 5.65. The number of rotatable bonds is 4. The van der Waals surface area contributed by atoms with E-state index in [1.54, 1.807) is 0 Å². The summed E-state index contributed by atoms with van der Waals surface area (Å²) >= 11 is 0. The molecule has 5 nitrogen and oxygen atoms in total. The van der Waals surface area contributed by atoms with Crippen LogP contribution in [-0.2, 0) is 15.0 Å². The van der Waals surface area contributed by atoms with E-state index in [0.717, 1.165) is 14.1 Å². The number of hydrogen-bond acceptors (Lipinski definition) is 3. The molecule has 0 radical (unpaired) electrons.